The van der Waals surface area contributed by atoms with E-state index < -0.39 is 0 Å². The molecule has 3 nitrogen and oxygen atoms in total. The number of pyridine rings is 1. The molecule has 1 aromatic heterocycles. The van der Waals surface area contributed by atoms with Gasteiger partial charge in [-0.15, -0.1) is 0 Å². The molecule has 1 rings (SSSR count). The van der Waals surface area contributed by atoms with E-state index >= 15 is 0 Å². The highest BCUT2D eigenvalue weighted by atomic mass is 16.6. The molecule has 0 aliphatic carbocycles. The van der Waals surface area contributed by atoms with Gasteiger partial charge in [-0.3, -0.25) is 4.98 Å². The van der Waals surface area contributed by atoms with Crippen LogP contribution >= 0.6 is 0 Å². The zero-order valence-electron chi connectivity index (χ0n) is 6.58. The Bertz CT molecular complexity index is 189. The molecule has 0 unspecified atom stereocenters. The lowest BCUT2D eigenvalue weighted by molar-refractivity contribution is 0.0928. The molecule has 0 radical (unpaired) electrons. The van der Waals surface area contributed by atoms with E-state index in [0.29, 0.717) is 0 Å². The third kappa shape index (κ3) is 3.11. The molecule has 0 saturated carbocycles. The Hall–Kier alpha value is -0.930. The topological polar surface area (TPSA) is 34.1 Å². The van der Waals surface area contributed by atoms with E-state index in [0.717, 1.165) is 13.0 Å². The fraction of sp³-hybridized carbons (Fsp3) is 0.375. The van der Waals surface area contributed by atoms with Gasteiger partial charge in [-0.25, -0.2) is 5.48 Å². The molecule has 0 fully saturated rings. The zero-order chi connectivity index (χ0) is 7.94. The van der Waals surface area contributed by atoms with Gasteiger partial charge in [0, 0.05) is 18.9 Å². The highest BCUT2D eigenvalue weighted by molar-refractivity contribution is 5.09. The first-order valence-electron chi connectivity index (χ1n) is 3.58. The van der Waals surface area contributed by atoms with Gasteiger partial charge in [0.25, 0.3) is 0 Å². The average molecular weight is 152 g/mol. The van der Waals surface area contributed by atoms with Gasteiger partial charge < -0.3 is 4.84 Å². The maximum absolute atomic E-state index is 4.70. The normalized spacial score (nSPS) is 9.91. The van der Waals surface area contributed by atoms with Gasteiger partial charge in [0.05, 0.1) is 7.11 Å². The van der Waals surface area contributed by atoms with Gasteiger partial charge >= 0.3 is 0 Å². The molecule has 0 spiro atoms. The van der Waals surface area contributed by atoms with E-state index in [1.165, 1.54) is 5.56 Å². The maximum atomic E-state index is 4.70. The third-order valence-corrected chi connectivity index (χ3v) is 1.41. The largest absolute Gasteiger partial charge is 0.305 e. The van der Waals surface area contributed by atoms with Crippen LogP contribution in [0.4, 0.5) is 0 Å². The summed E-state index contributed by atoms with van der Waals surface area (Å²) in [6.07, 6.45) is 4.56. The fourth-order valence-electron chi connectivity index (χ4n) is 0.847. The molecule has 0 saturated heterocycles. The van der Waals surface area contributed by atoms with Crippen molar-refractivity contribution in [3.8, 4) is 0 Å². The van der Waals surface area contributed by atoms with Crippen LogP contribution in [0.25, 0.3) is 0 Å². The van der Waals surface area contributed by atoms with Crippen molar-refractivity contribution in [1.82, 2.24) is 10.5 Å². The molecule has 1 heterocycles. The molecule has 0 amide bonds. The van der Waals surface area contributed by atoms with Crippen LogP contribution in [-0.4, -0.2) is 18.6 Å². The Balaban J connectivity index is 2.28. The number of nitrogens with one attached hydrogen (secondary N) is 1. The van der Waals surface area contributed by atoms with Gasteiger partial charge in [-0.1, -0.05) is 0 Å². The summed E-state index contributed by atoms with van der Waals surface area (Å²) in [7, 11) is 1.62. The van der Waals surface area contributed by atoms with E-state index in [1.807, 2.05) is 12.1 Å². The Morgan fingerprint density at radius 3 is 2.82 bits per heavy atom. The Labute approximate surface area is 66.4 Å². The van der Waals surface area contributed by atoms with Crippen LogP contribution in [0.3, 0.4) is 0 Å². The Kier molecular flexibility index (Phi) is 3.58. The highest BCUT2D eigenvalue weighted by Gasteiger charge is 1.89. The van der Waals surface area contributed by atoms with Crippen LogP contribution < -0.4 is 5.48 Å². The Morgan fingerprint density at radius 2 is 2.18 bits per heavy atom. The van der Waals surface area contributed by atoms with Crippen LogP contribution in [0, 0.1) is 0 Å². The van der Waals surface area contributed by atoms with E-state index in [-0.39, 0.29) is 0 Å². The number of aromatic nitrogens is 1. The lowest BCUT2D eigenvalue weighted by Crippen LogP contribution is -2.14. The van der Waals surface area contributed by atoms with E-state index in [2.05, 4.69) is 10.5 Å². The molecule has 1 N–H and O–H groups in total. The Morgan fingerprint density at radius 1 is 1.45 bits per heavy atom. The number of hydroxylamine groups is 1. The fourth-order valence-corrected chi connectivity index (χ4v) is 0.847. The lowest BCUT2D eigenvalue weighted by Gasteiger charge is -2.00. The molecular weight excluding hydrogens is 140 g/mol. The summed E-state index contributed by atoms with van der Waals surface area (Å²) in [5, 5.41) is 0. The van der Waals surface area contributed by atoms with Crippen molar-refractivity contribution >= 4 is 0 Å². The minimum atomic E-state index is 0.834. The van der Waals surface area contributed by atoms with Gasteiger partial charge in [0.15, 0.2) is 0 Å². The molecule has 11 heavy (non-hydrogen) atoms. The number of hydrogen-bond acceptors (Lipinski definition) is 3. The third-order valence-electron chi connectivity index (χ3n) is 1.41. The van der Waals surface area contributed by atoms with Crippen molar-refractivity contribution in [2.24, 2.45) is 0 Å². The second-order valence-corrected chi connectivity index (χ2v) is 2.20. The van der Waals surface area contributed by atoms with E-state index in [1.54, 1.807) is 19.5 Å². The summed E-state index contributed by atoms with van der Waals surface area (Å²) < 4.78 is 0. The molecule has 0 atom stereocenters. The van der Waals surface area contributed by atoms with Gasteiger partial charge in [0.1, 0.15) is 0 Å². The molecule has 0 aromatic carbocycles. The van der Waals surface area contributed by atoms with Crippen LogP contribution in [0.2, 0.25) is 0 Å². The number of nitrogens with zero attached hydrogens (tertiary/aromatic N) is 1. The minimum absolute atomic E-state index is 0.834. The van der Waals surface area contributed by atoms with E-state index in [4.69, 9.17) is 4.84 Å². The second kappa shape index (κ2) is 4.82. The van der Waals surface area contributed by atoms with Gasteiger partial charge in [-0.2, -0.15) is 0 Å². The molecule has 0 bridgehead atoms. The summed E-state index contributed by atoms with van der Waals surface area (Å²) in [6.45, 7) is 0.834. The van der Waals surface area contributed by atoms with Gasteiger partial charge in [-0.05, 0) is 24.1 Å². The summed E-state index contributed by atoms with van der Waals surface area (Å²) in [6, 6.07) is 3.99. The van der Waals surface area contributed by atoms with Crippen molar-refractivity contribution in [3.63, 3.8) is 0 Å². The maximum Gasteiger partial charge on any atom is 0.0572 e. The molecule has 0 aliphatic heterocycles. The van der Waals surface area contributed by atoms with Crippen LogP contribution in [0.1, 0.15) is 5.56 Å². The monoisotopic (exact) mass is 152 g/mol. The molecule has 0 aliphatic rings. The van der Waals surface area contributed by atoms with Crippen LogP contribution in [-0.2, 0) is 11.3 Å². The quantitative estimate of drug-likeness (QED) is 0.511. The summed E-state index contributed by atoms with van der Waals surface area (Å²) in [5.41, 5.74) is 4.04. The first-order chi connectivity index (χ1) is 5.43. The SMILES string of the molecule is CONCCc1ccncc1. The summed E-state index contributed by atoms with van der Waals surface area (Å²) in [4.78, 5) is 8.62. The predicted molar refractivity (Wildman–Crippen MR) is 43.0 cm³/mol. The second-order valence-electron chi connectivity index (χ2n) is 2.20. The number of hydrogen-bond donors (Lipinski definition) is 1. The standard InChI is InChI=1S/C8H12N2O/c1-11-10-7-4-8-2-5-9-6-3-8/h2-3,5-6,10H,4,7H2,1H3. The zero-order valence-corrected chi connectivity index (χ0v) is 6.58. The molecule has 1 aromatic rings. The molecule has 60 valence electrons. The van der Waals surface area contributed by atoms with Crippen LogP contribution in [0.5, 0.6) is 0 Å². The van der Waals surface area contributed by atoms with Crippen molar-refractivity contribution in [1.29, 1.82) is 0 Å². The van der Waals surface area contributed by atoms with Crippen LogP contribution in [0.15, 0.2) is 24.5 Å². The van der Waals surface area contributed by atoms with Gasteiger partial charge in [0.2, 0.25) is 0 Å². The first kappa shape index (κ1) is 8.17. The molecular formula is C8H12N2O. The van der Waals surface area contributed by atoms with Crippen molar-refractivity contribution in [2.45, 2.75) is 6.42 Å². The minimum Gasteiger partial charge on any atom is -0.305 e. The summed E-state index contributed by atoms with van der Waals surface area (Å²) in [5.74, 6) is 0. The van der Waals surface area contributed by atoms with Crippen molar-refractivity contribution in [2.75, 3.05) is 13.7 Å². The average Bonchev–Trinajstić information content (AvgIpc) is 2.07. The van der Waals surface area contributed by atoms with Crippen molar-refractivity contribution < 1.29 is 4.84 Å². The highest BCUT2D eigenvalue weighted by Crippen LogP contribution is 1.95. The molecule has 3 heteroatoms. The number of rotatable bonds is 4. The summed E-state index contributed by atoms with van der Waals surface area (Å²) >= 11 is 0. The van der Waals surface area contributed by atoms with E-state index in [9.17, 15) is 0 Å². The lowest BCUT2D eigenvalue weighted by atomic mass is 10.2. The van der Waals surface area contributed by atoms with Crippen molar-refractivity contribution in [3.05, 3.63) is 30.1 Å². The predicted octanol–water partition coefficient (Wildman–Crippen LogP) is 0.775. The first-order valence-corrected chi connectivity index (χ1v) is 3.58. The smallest absolute Gasteiger partial charge is 0.0572 e.